The number of carbonyl (C=O) groups excluding carboxylic acids is 3. The fourth-order valence-electron chi connectivity index (χ4n) is 3.17. The molecule has 0 fully saturated rings. The molecule has 0 saturated carbocycles. The van der Waals surface area contributed by atoms with Crippen molar-refractivity contribution >= 4 is 34.1 Å². The number of anilines is 1. The van der Waals surface area contributed by atoms with Crippen molar-refractivity contribution in [3.8, 4) is 22.8 Å². The molecule has 2 amide bonds. The molecule has 10 nitrogen and oxygen atoms in total. The first-order valence-corrected chi connectivity index (χ1v) is 10.5. The maximum Gasteiger partial charge on any atom is 0.341 e. The van der Waals surface area contributed by atoms with E-state index in [1.54, 1.807) is 45.0 Å². The first-order chi connectivity index (χ1) is 15.2. The van der Waals surface area contributed by atoms with Gasteiger partial charge >= 0.3 is 5.97 Å². The second kappa shape index (κ2) is 8.35. The number of carbonyl (C=O) groups is 3. The summed E-state index contributed by atoms with van der Waals surface area (Å²) in [5, 5.41) is 9.69. The highest BCUT2D eigenvalue weighted by Gasteiger charge is 2.27. The molecular weight excluding hydrogens is 436 g/mol. The average molecular weight is 456 g/mol. The van der Waals surface area contributed by atoms with Crippen molar-refractivity contribution < 1.29 is 28.6 Å². The molecule has 0 atom stereocenters. The number of hydrogen-bond donors (Lipinski definition) is 3. The Balaban J connectivity index is 1.60. The molecule has 0 unspecified atom stereocenters. The zero-order valence-electron chi connectivity index (χ0n) is 17.5. The minimum Gasteiger partial charge on any atom is -0.459 e. The molecule has 0 spiro atoms. The Morgan fingerprint density at radius 3 is 2.69 bits per heavy atom. The van der Waals surface area contributed by atoms with Gasteiger partial charge in [-0.3, -0.25) is 14.7 Å². The second-order valence-corrected chi connectivity index (χ2v) is 8.29. The fraction of sp³-hybridized carbons (Fsp3) is 0.238. The maximum absolute atomic E-state index is 12.8. The van der Waals surface area contributed by atoms with Gasteiger partial charge in [-0.25, -0.2) is 4.79 Å². The molecule has 0 saturated heterocycles. The highest BCUT2D eigenvalue weighted by molar-refractivity contribution is 7.18. The van der Waals surface area contributed by atoms with Crippen LogP contribution in [0.5, 0.6) is 11.5 Å². The third-order valence-corrected chi connectivity index (χ3v) is 5.86. The van der Waals surface area contributed by atoms with Gasteiger partial charge in [-0.2, -0.15) is 5.10 Å². The predicted octanol–water partition coefficient (Wildman–Crippen LogP) is 3.09. The zero-order valence-corrected chi connectivity index (χ0v) is 18.3. The molecule has 3 aromatic rings. The number of esters is 1. The van der Waals surface area contributed by atoms with E-state index in [1.807, 2.05) is 0 Å². The Morgan fingerprint density at radius 1 is 1.22 bits per heavy atom. The van der Waals surface area contributed by atoms with Crippen molar-refractivity contribution in [1.82, 2.24) is 10.2 Å². The number of nitrogens with two attached hydrogens (primary N) is 1. The number of hydrogen-bond acceptors (Lipinski definition) is 8. The van der Waals surface area contributed by atoms with Crippen LogP contribution in [-0.4, -0.2) is 40.9 Å². The van der Waals surface area contributed by atoms with E-state index in [-0.39, 0.29) is 34.0 Å². The van der Waals surface area contributed by atoms with E-state index < -0.39 is 17.8 Å². The van der Waals surface area contributed by atoms with Crippen LogP contribution in [0.1, 0.15) is 49.9 Å². The second-order valence-electron chi connectivity index (χ2n) is 7.27. The maximum atomic E-state index is 12.8. The van der Waals surface area contributed by atoms with E-state index in [0.717, 1.165) is 16.9 Å². The van der Waals surface area contributed by atoms with Crippen molar-refractivity contribution in [1.29, 1.82) is 0 Å². The number of ether oxygens (including phenoxy) is 3. The molecule has 4 rings (SSSR count). The van der Waals surface area contributed by atoms with Crippen LogP contribution in [0.4, 0.5) is 5.00 Å². The van der Waals surface area contributed by atoms with Gasteiger partial charge < -0.3 is 25.3 Å². The normalized spacial score (nSPS) is 12.1. The summed E-state index contributed by atoms with van der Waals surface area (Å²) in [6.45, 7) is 5.14. The van der Waals surface area contributed by atoms with E-state index in [2.05, 4.69) is 15.5 Å². The van der Waals surface area contributed by atoms with E-state index in [9.17, 15) is 14.4 Å². The lowest BCUT2D eigenvalue weighted by molar-refractivity contribution is 0.0379. The van der Waals surface area contributed by atoms with Crippen LogP contribution in [0.3, 0.4) is 0 Å². The lowest BCUT2D eigenvalue weighted by Crippen LogP contribution is -2.17. The molecule has 1 aliphatic rings. The Labute approximate surface area is 186 Å². The predicted molar refractivity (Wildman–Crippen MR) is 116 cm³/mol. The molecule has 4 N–H and O–H groups in total. The summed E-state index contributed by atoms with van der Waals surface area (Å²) in [6.07, 6.45) is -0.376. The monoisotopic (exact) mass is 456 g/mol. The number of aromatic amines is 1. The number of thiophene rings is 1. The minimum atomic E-state index is -0.696. The molecule has 166 valence electrons. The Hall–Kier alpha value is -3.86. The van der Waals surface area contributed by atoms with Gasteiger partial charge in [0.1, 0.15) is 10.7 Å². The molecule has 0 aliphatic carbocycles. The van der Waals surface area contributed by atoms with Crippen molar-refractivity contribution in [2.24, 2.45) is 5.73 Å². The minimum absolute atomic E-state index is 0.0985. The summed E-state index contributed by atoms with van der Waals surface area (Å²) >= 11 is 0.917. The van der Waals surface area contributed by atoms with Crippen molar-refractivity contribution in [3.05, 3.63) is 46.0 Å². The summed E-state index contributed by atoms with van der Waals surface area (Å²) in [5.41, 5.74) is 7.28. The van der Waals surface area contributed by atoms with Gasteiger partial charge in [-0.05, 0) is 50.6 Å². The van der Waals surface area contributed by atoms with Crippen LogP contribution in [-0.2, 0) is 4.74 Å². The lowest BCUT2D eigenvalue weighted by Gasteiger charge is -2.10. The van der Waals surface area contributed by atoms with Crippen LogP contribution in [0.2, 0.25) is 0 Å². The third kappa shape index (κ3) is 4.02. The number of H-pyrrole nitrogens is 1. The number of amides is 2. The van der Waals surface area contributed by atoms with E-state index in [4.69, 9.17) is 19.9 Å². The molecule has 1 aliphatic heterocycles. The SMILES string of the molecule is Cc1c(C(N)=O)sc(NC(=O)c2cc(-c3ccc4c(c3)OCO4)n[nH]2)c1C(=O)OC(C)C. The molecule has 2 aromatic heterocycles. The van der Waals surface area contributed by atoms with E-state index in [1.165, 1.54) is 0 Å². The molecular formula is C21H20N4O6S. The van der Waals surface area contributed by atoms with Gasteiger partial charge in [0.05, 0.1) is 22.2 Å². The van der Waals surface area contributed by atoms with Gasteiger partial charge in [0.2, 0.25) is 6.79 Å². The first kappa shape index (κ1) is 21.4. The number of nitrogens with one attached hydrogen (secondary N) is 2. The number of rotatable bonds is 6. The highest BCUT2D eigenvalue weighted by Crippen LogP contribution is 2.36. The number of primary amides is 1. The fourth-order valence-corrected chi connectivity index (χ4v) is 4.21. The Kier molecular flexibility index (Phi) is 5.57. The van der Waals surface area contributed by atoms with Gasteiger partial charge in [0.15, 0.2) is 11.5 Å². The Morgan fingerprint density at radius 2 is 1.97 bits per heavy atom. The number of aromatic nitrogens is 2. The van der Waals surface area contributed by atoms with Gasteiger partial charge in [-0.15, -0.1) is 11.3 Å². The summed E-state index contributed by atoms with van der Waals surface area (Å²) < 4.78 is 15.9. The van der Waals surface area contributed by atoms with Crippen LogP contribution in [0.25, 0.3) is 11.3 Å². The van der Waals surface area contributed by atoms with E-state index in [0.29, 0.717) is 22.8 Å². The molecule has 3 heterocycles. The summed E-state index contributed by atoms with van der Waals surface area (Å²) in [6, 6.07) is 6.89. The van der Waals surface area contributed by atoms with Gasteiger partial charge in [0.25, 0.3) is 11.8 Å². The zero-order chi connectivity index (χ0) is 23.0. The van der Waals surface area contributed by atoms with Crippen molar-refractivity contribution in [3.63, 3.8) is 0 Å². The van der Waals surface area contributed by atoms with Crippen LogP contribution < -0.4 is 20.5 Å². The number of fused-ring (bicyclic) bond motifs is 1. The summed E-state index contributed by atoms with van der Waals surface area (Å²) in [5.74, 6) is -0.653. The smallest absolute Gasteiger partial charge is 0.341 e. The van der Waals surface area contributed by atoms with Crippen molar-refractivity contribution in [2.75, 3.05) is 12.1 Å². The van der Waals surface area contributed by atoms with Gasteiger partial charge in [0, 0.05) is 5.56 Å². The summed E-state index contributed by atoms with van der Waals surface area (Å²) in [7, 11) is 0. The topological polar surface area (TPSA) is 146 Å². The van der Waals surface area contributed by atoms with Crippen molar-refractivity contribution in [2.45, 2.75) is 26.9 Å². The quantitative estimate of drug-likeness (QED) is 0.483. The van der Waals surface area contributed by atoms with Gasteiger partial charge in [-0.1, -0.05) is 0 Å². The lowest BCUT2D eigenvalue weighted by atomic mass is 10.1. The Bertz CT molecular complexity index is 1230. The standard InChI is InChI=1S/C21H20N4O6S/c1-9(2)31-21(28)16-10(3)17(18(22)26)32-20(16)23-19(27)13-7-12(24-25-13)11-4-5-14-15(6-11)30-8-29-14/h4-7,9H,8H2,1-3H3,(H2,22,26)(H,23,27)(H,24,25). The molecule has 1 aromatic carbocycles. The highest BCUT2D eigenvalue weighted by atomic mass is 32.1. The first-order valence-electron chi connectivity index (χ1n) is 9.65. The van der Waals surface area contributed by atoms with Crippen LogP contribution in [0, 0.1) is 6.92 Å². The molecule has 32 heavy (non-hydrogen) atoms. The average Bonchev–Trinajstić information content (AvgIpc) is 3.45. The molecule has 0 radical (unpaired) electrons. The molecule has 0 bridgehead atoms. The number of nitrogens with zero attached hydrogens (tertiary/aromatic N) is 1. The summed E-state index contributed by atoms with van der Waals surface area (Å²) in [4.78, 5) is 37.3. The van der Waals surface area contributed by atoms with Crippen LogP contribution >= 0.6 is 11.3 Å². The third-order valence-electron chi connectivity index (χ3n) is 4.64. The number of benzene rings is 1. The van der Waals surface area contributed by atoms with Crippen LogP contribution in [0.15, 0.2) is 24.3 Å². The molecule has 11 heteroatoms. The largest absolute Gasteiger partial charge is 0.459 e. The van der Waals surface area contributed by atoms with E-state index >= 15 is 0 Å².